The van der Waals surface area contributed by atoms with E-state index in [4.69, 9.17) is 23.7 Å². The van der Waals surface area contributed by atoms with E-state index in [9.17, 15) is 9.59 Å². The summed E-state index contributed by atoms with van der Waals surface area (Å²) in [5.74, 6) is -0.672. The number of hydrogen-bond donors (Lipinski definition) is 0. The summed E-state index contributed by atoms with van der Waals surface area (Å²) in [4.78, 5) is 24.7. The van der Waals surface area contributed by atoms with E-state index in [0.717, 1.165) is 0 Å². The number of nitrogens with zero attached hydrogens (tertiary/aromatic N) is 1. The molecule has 0 radical (unpaired) electrons. The molecule has 0 aliphatic carbocycles. The maximum Gasteiger partial charge on any atom is 0.303 e. The monoisotopic (exact) mass is 319 g/mol. The summed E-state index contributed by atoms with van der Waals surface area (Å²) in [6.45, 7) is 2.97. The number of hydrogen-bond acceptors (Lipinski definition) is 7. The van der Waals surface area contributed by atoms with Crippen LogP contribution in [0, 0.1) is 0 Å². The number of carbonyl (C=O) groups excluding carboxylic acids is 2. The van der Waals surface area contributed by atoms with Gasteiger partial charge >= 0.3 is 5.97 Å². The Morgan fingerprint density at radius 3 is 2.14 bits per heavy atom. The van der Waals surface area contributed by atoms with Crippen LogP contribution < -0.4 is 0 Å². The summed E-state index contributed by atoms with van der Waals surface area (Å²) >= 11 is 0. The number of carbonyl (C=O) groups is 2. The van der Waals surface area contributed by atoms with Gasteiger partial charge in [-0.15, -0.1) is 0 Å². The normalized spacial score (nSPS) is 31.6. The van der Waals surface area contributed by atoms with Gasteiger partial charge in [-0.3, -0.25) is 9.59 Å². The Kier molecular flexibility index (Phi) is 7.21. The Bertz CT molecular complexity index is 389. The van der Waals surface area contributed by atoms with Gasteiger partial charge < -0.3 is 28.6 Å². The molecule has 0 aromatic carbocycles. The Balaban J connectivity index is 3.17. The van der Waals surface area contributed by atoms with Gasteiger partial charge in [-0.1, -0.05) is 0 Å². The van der Waals surface area contributed by atoms with E-state index in [2.05, 4.69) is 0 Å². The average Bonchev–Trinajstić information content (AvgIpc) is 2.45. The number of methoxy groups -OCH3 is 3. The summed E-state index contributed by atoms with van der Waals surface area (Å²) in [5, 5.41) is 0. The lowest BCUT2D eigenvalue weighted by atomic mass is 9.95. The zero-order valence-corrected chi connectivity index (χ0v) is 13.9. The number of amides is 1. The third-order valence-corrected chi connectivity index (χ3v) is 3.70. The third-order valence-electron chi connectivity index (χ3n) is 3.70. The van der Waals surface area contributed by atoms with Crippen molar-refractivity contribution in [3.63, 3.8) is 0 Å². The Morgan fingerprint density at radius 2 is 1.73 bits per heavy atom. The van der Waals surface area contributed by atoms with Gasteiger partial charge in [0.15, 0.2) is 12.4 Å². The van der Waals surface area contributed by atoms with Crippen molar-refractivity contribution < 1.29 is 33.3 Å². The fraction of sp³-hybridized carbons (Fsp3) is 0.857. The number of ether oxygens (including phenoxy) is 5. The fourth-order valence-electron chi connectivity index (χ4n) is 2.61. The van der Waals surface area contributed by atoms with E-state index in [1.54, 1.807) is 7.05 Å². The second kappa shape index (κ2) is 8.42. The summed E-state index contributed by atoms with van der Waals surface area (Å²) < 4.78 is 27.1. The smallest absolute Gasteiger partial charge is 0.303 e. The summed E-state index contributed by atoms with van der Waals surface area (Å²) in [7, 11) is 6.09. The lowest BCUT2D eigenvalue weighted by Gasteiger charge is -2.47. The van der Waals surface area contributed by atoms with Crippen LogP contribution in [0.15, 0.2) is 0 Å². The Morgan fingerprint density at radius 1 is 1.09 bits per heavy atom. The van der Waals surface area contributed by atoms with E-state index in [1.807, 2.05) is 0 Å². The Labute approximate surface area is 130 Å². The average molecular weight is 319 g/mol. The predicted octanol–water partition coefficient (Wildman–Crippen LogP) is -0.202. The maximum absolute atomic E-state index is 11.7. The molecule has 128 valence electrons. The van der Waals surface area contributed by atoms with Crippen LogP contribution in [0.25, 0.3) is 0 Å². The van der Waals surface area contributed by atoms with Gasteiger partial charge in [0.05, 0.1) is 6.61 Å². The molecule has 1 aliphatic heterocycles. The van der Waals surface area contributed by atoms with Gasteiger partial charge in [0.1, 0.15) is 18.2 Å². The highest BCUT2D eigenvalue weighted by Crippen LogP contribution is 2.29. The molecule has 1 amide bonds. The van der Waals surface area contributed by atoms with E-state index in [1.165, 1.54) is 40.1 Å². The first-order valence-corrected chi connectivity index (χ1v) is 6.97. The van der Waals surface area contributed by atoms with E-state index in [0.29, 0.717) is 0 Å². The van der Waals surface area contributed by atoms with Crippen LogP contribution in [0.5, 0.6) is 0 Å². The van der Waals surface area contributed by atoms with Crippen molar-refractivity contribution in [1.82, 2.24) is 4.90 Å². The first-order valence-electron chi connectivity index (χ1n) is 6.97. The van der Waals surface area contributed by atoms with Crippen molar-refractivity contribution in [1.29, 1.82) is 0 Å². The molecule has 0 N–H and O–H groups in total. The minimum atomic E-state index is -0.759. The van der Waals surface area contributed by atoms with Crippen LogP contribution in [0.4, 0.5) is 0 Å². The molecular formula is C14H25NO7. The summed E-state index contributed by atoms with van der Waals surface area (Å²) in [6, 6.07) is -0.621. The SMILES string of the molecule is COCC1OC(OC)C(N(C)C(C)=O)C(OC(C)=O)C1OC. The van der Waals surface area contributed by atoms with Gasteiger partial charge in [0, 0.05) is 42.2 Å². The van der Waals surface area contributed by atoms with Crippen LogP contribution in [0.2, 0.25) is 0 Å². The van der Waals surface area contributed by atoms with Crippen molar-refractivity contribution in [3.8, 4) is 0 Å². The van der Waals surface area contributed by atoms with Crippen molar-refractivity contribution in [2.75, 3.05) is 35.0 Å². The second-order valence-corrected chi connectivity index (χ2v) is 5.13. The zero-order chi connectivity index (χ0) is 16.9. The molecule has 8 nitrogen and oxygen atoms in total. The van der Waals surface area contributed by atoms with E-state index < -0.39 is 36.6 Å². The molecule has 22 heavy (non-hydrogen) atoms. The van der Waals surface area contributed by atoms with Gasteiger partial charge in [0.25, 0.3) is 0 Å². The molecule has 0 saturated carbocycles. The number of esters is 1. The minimum Gasteiger partial charge on any atom is -0.457 e. The number of rotatable bonds is 6. The molecule has 1 saturated heterocycles. The standard InChI is InChI=1S/C14H25NO7/c1-8(16)15(3)11-13(21-9(2)17)12(19-5)10(7-18-4)22-14(11)20-6/h10-14H,7H2,1-6H3. The molecule has 8 heteroatoms. The molecular weight excluding hydrogens is 294 g/mol. The third kappa shape index (κ3) is 4.16. The van der Waals surface area contributed by atoms with Crippen molar-refractivity contribution in [3.05, 3.63) is 0 Å². The van der Waals surface area contributed by atoms with Gasteiger partial charge in [-0.25, -0.2) is 0 Å². The zero-order valence-electron chi connectivity index (χ0n) is 13.9. The lowest BCUT2D eigenvalue weighted by molar-refractivity contribution is -0.284. The van der Waals surface area contributed by atoms with Crippen molar-refractivity contribution in [2.24, 2.45) is 0 Å². The summed E-state index contributed by atoms with van der Waals surface area (Å²) in [5.41, 5.74) is 0. The largest absolute Gasteiger partial charge is 0.457 e. The van der Waals surface area contributed by atoms with Crippen LogP contribution in [-0.2, 0) is 33.3 Å². The highest BCUT2D eigenvalue weighted by molar-refractivity contribution is 5.73. The quantitative estimate of drug-likeness (QED) is 0.627. The molecule has 0 bridgehead atoms. The van der Waals surface area contributed by atoms with Crippen molar-refractivity contribution in [2.45, 2.75) is 44.5 Å². The van der Waals surface area contributed by atoms with Gasteiger partial charge in [-0.05, 0) is 0 Å². The van der Waals surface area contributed by atoms with Gasteiger partial charge in [0.2, 0.25) is 5.91 Å². The molecule has 5 atom stereocenters. The van der Waals surface area contributed by atoms with Crippen LogP contribution >= 0.6 is 0 Å². The second-order valence-electron chi connectivity index (χ2n) is 5.13. The first kappa shape index (κ1) is 18.8. The Hall–Kier alpha value is -1.22. The van der Waals surface area contributed by atoms with Crippen molar-refractivity contribution >= 4 is 11.9 Å². The molecule has 1 fully saturated rings. The fourth-order valence-corrected chi connectivity index (χ4v) is 2.61. The minimum absolute atomic E-state index is 0.201. The molecule has 0 aromatic rings. The summed E-state index contributed by atoms with van der Waals surface area (Å²) in [6.07, 6.45) is -2.55. The van der Waals surface area contributed by atoms with Crippen LogP contribution in [-0.4, -0.2) is 82.4 Å². The molecule has 1 aliphatic rings. The topological polar surface area (TPSA) is 83.5 Å². The molecule has 5 unspecified atom stereocenters. The molecule has 0 spiro atoms. The van der Waals surface area contributed by atoms with Crippen LogP contribution in [0.3, 0.4) is 0 Å². The molecule has 1 heterocycles. The highest BCUT2D eigenvalue weighted by Gasteiger charge is 2.50. The van der Waals surface area contributed by atoms with Gasteiger partial charge in [-0.2, -0.15) is 0 Å². The molecule has 0 aromatic heterocycles. The van der Waals surface area contributed by atoms with E-state index >= 15 is 0 Å². The first-order chi connectivity index (χ1) is 10.4. The maximum atomic E-state index is 11.7. The van der Waals surface area contributed by atoms with E-state index in [-0.39, 0.29) is 12.5 Å². The predicted molar refractivity (Wildman–Crippen MR) is 76.1 cm³/mol. The van der Waals surface area contributed by atoms with Crippen LogP contribution in [0.1, 0.15) is 13.8 Å². The lowest BCUT2D eigenvalue weighted by Crippen LogP contribution is -2.66. The number of likely N-dealkylation sites (N-methyl/N-ethyl adjacent to an activating group) is 1. The highest BCUT2D eigenvalue weighted by atomic mass is 16.7. The molecule has 1 rings (SSSR count).